The van der Waals surface area contributed by atoms with Gasteiger partial charge in [0.15, 0.2) is 0 Å². The van der Waals surface area contributed by atoms with Crippen LogP contribution in [0, 0.1) is 5.92 Å². The number of H-pyrrole nitrogens is 1. The highest BCUT2D eigenvalue weighted by Gasteiger charge is 2.36. The lowest BCUT2D eigenvalue weighted by Gasteiger charge is -2.15. The Bertz CT molecular complexity index is 815. The second-order valence-corrected chi connectivity index (χ2v) is 6.11. The third-order valence-electron chi connectivity index (χ3n) is 3.58. The molecule has 140 valence electrons. The zero-order valence-electron chi connectivity index (χ0n) is 14.3. The van der Waals surface area contributed by atoms with Gasteiger partial charge in [0.2, 0.25) is 0 Å². The summed E-state index contributed by atoms with van der Waals surface area (Å²) in [4.78, 5) is 26.3. The molecule has 0 bridgehead atoms. The second-order valence-electron chi connectivity index (χ2n) is 6.11. The van der Waals surface area contributed by atoms with Crippen LogP contribution in [0.1, 0.15) is 25.8 Å². The predicted molar refractivity (Wildman–Crippen MR) is 91.9 cm³/mol. The average Bonchev–Trinajstić information content (AvgIpc) is 2.56. The molecule has 0 radical (unpaired) electrons. The van der Waals surface area contributed by atoms with Gasteiger partial charge in [-0.25, -0.2) is 4.79 Å². The zero-order valence-corrected chi connectivity index (χ0v) is 14.3. The highest BCUT2D eigenvalue weighted by atomic mass is 19.4. The maximum Gasteiger partial charge on any atom is 0.418 e. The largest absolute Gasteiger partial charge is 0.449 e. The number of ether oxygens (including phenoxy) is 1. The zero-order chi connectivity index (χ0) is 19.3. The van der Waals surface area contributed by atoms with Crippen LogP contribution >= 0.6 is 0 Å². The third kappa shape index (κ3) is 5.11. The molecule has 5 nitrogen and oxygen atoms in total. The van der Waals surface area contributed by atoms with Crippen LogP contribution in [-0.2, 0) is 10.9 Å². The van der Waals surface area contributed by atoms with Gasteiger partial charge in [0, 0.05) is 5.69 Å². The molecule has 0 fully saturated rings. The minimum absolute atomic E-state index is 0.00153. The van der Waals surface area contributed by atoms with Crippen LogP contribution in [0.3, 0.4) is 0 Å². The molecular formula is C18H19F3N2O3. The van der Waals surface area contributed by atoms with E-state index in [1.807, 2.05) is 19.2 Å². The van der Waals surface area contributed by atoms with E-state index in [1.54, 1.807) is 30.3 Å². The summed E-state index contributed by atoms with van der Waals surface area (Å²) in [5.74, 6) is 0.266. The molecule has 8 heteroatoms. The number of hydrogen-bond donors (Lipinski definition) is 2. The molecule has 0 atom stereocenters. The number of hydrogen-bond acceptors (Lipinski definition) is 3. The summed E-state index contributed by atoms with van der Waals surface area (Å²) in [6.07, 6.45) is -5.37. The number of anilines is 1. The normalized spacial score (nSPS) is 11.5. The van der Waals surface area contributed by atoms with Crippen molar-refractivity contribution in [3.8, 4) is 11.3 Å². The Morgan fingerprint density at radius 3 is 2.46 bits per heavy atom. The van der Waals surface area contributed by atoms with E-state index in [0.717, 1.165) is 6.07 Å². The number of carbonyl (C=O) groups is 1. The molecule has 0 saturated heterocycles. The van der Waals surface area contributed by atoms with E-state index in [4.69, 9.17) is 4.74 Å². The van der Waals surface area contributed by atoms with Crippen molar-refractivity contribution in [1.29, 1.82) is 0 Å². The molecule has 2 N–H and O–H groups in total. The number of benzene rings is 1. The Balaban J connectivity index is 2.34. The number of alkyl halides is 3. The molecule has 0 spiro atoms. The molecule has 1 aromatic heterocycles. The van der Waals surface area contributed by atoms with Crippen molar-refractivity contribution < 1.29 is 22.7 Å². The molecule has 2 rings (SSSR count). The number of halogens is 3. The molecule has 0 aliphatic heterocycles. The van der Waals surface area contributed by atoms with Crippen LogP contribution in [0.4, 0.5) is 23.7 Å². The Kier molecular flexibility index (Phi) is 6.07. The summed E-state index contributed by atoms with van der Waals surface area (Å²) in [6, 6.07) is 8.91. The van der Waals surface area contributed by atoms with Crippen molar-refractivity contribution in [2.45, 2.75) is 26.4 Å². The van der Waals surface area contributed by atoms with Crippen molar-refractivity contribution in [3.05, 3.63) is 52.3 Å². The van der Waals surface area contributed by atoms with Crippen LogP contribution in [0.2, 0.25) is 0 Å². The summed E-state index contributed by atoms with van der Waals surface area (Å²) >= 11 is 0. The van der Waals surface area contributed by atoms with E-state index in [0.29, 0.717) is 12.0 Å². The molecule has 26 heavy (non-hydrogen) atoms. The lowest BCUT2D eigenvalue weighted by molar-refractivity contribution is -0.137. The number of amides is 1. The molecule has 2 aromatic rings. The molecular weight excluding hydrogens is 349 g/mol. The Hall–Kier alpha value is -2.77. The fourth-order valence-electron chi connectivity index (χ4n) is 2.21. The fourth-order valence-corrected chi connectivity index (χ4v) is 2.21. The number of aromatic amines is 1. The SMILES string of the molecule is CC(C)CCOC(=O)Nc1c(C(F)(F)F)cc(-c2ccccc2)[nH]c1=O. The van der Waals surface area contributed by atoms with E-state index in [9.17, 15) is 22.8 Å². The summed E-state index contributed by atoms with van der Waals surface area (Å²) in [6.45, 7) is 3.87. The molecule has 0 saturated carbocycles. The molecule has 0 unspecified atom stereocenters. The monoisotopic (exact) mass is 368 g/mol. The number of nitrogens with one attached hydrogen (secondary N) is 2. The van der Waals surface area contributed by atoms with Crippen molar-refractivity contribution in [2.24, 2.45) is 5.92 Å². The fraction of sp³-hybridized carbons (Fsp3) is 0.333. The van der Waals surface area contributed by atoms with Gasteiger partial charge in [0.05, 0.1) is 12.2 Å². The van der Waals surface area contributed by atoms with Gasteiger partial charge in [0.25, 0.3) is 5.56 Å². The predicted octanol–water partition coefficient (Wildman–Crippen LogP) is 4.66. The third-order valence-corrected chi connectivity index (χ3v) is 3.58. The van der Waals surface area contributed by atoms with E-state index >= 15 is 0 Å². The van der Waals surface area contributed by atoms with Crippen LogP contribution in [0.5, 0.6) is 0 Å². The Morgan fingerprint density at radius 1 is 1.23 bits per heavy atom. The summed E-state index contributed by atoms with van der Waals surface area (Å²) in [5.41, 5.74) is -2.75. The van der Waals surface area contributed by atoms with Crippen LogP contribution in [0.25, 0.3) is 11.3 Å². The van der Waals surface area contributed by atoms with E-state index < -0.39 is 29.1 Å². The molecule has 1 amide bonds. The first-order valence-electron chi connectivity index (χ1n) is 8.02. The molecule has 1 heterocycles. The maximum absolute atomic E-state index is 13.4. The highest BCUT2D eigenvalue weighted by Crippen LogP contribution is 2.35. The average molecular weight is 368 g/mol. The van der Waals surface area contributed by atoms with Gasteiger partial charge < -0.3 is 9.72 Å². The smallest absolute Gasteiger partial charge is 0.418 e. The quantitative estimate of drug-likeness (QED) is 0.807. The minimum Gasteiger partial charge on any atom is -0.449 e. The lowest BCUT2D eigenvalue weighted by atomic mass is 10.1. The maximum atomic E-state index is 13.4. The standard InChI is InChI=1S/C18H19F3N2O3/c1-11(2)8-9-26-17(25)23-15-13(18(19,20)21)10-14(22-16(15)24)12-6-4-3-5-7-12/h3-7,10-11H,8-9H2,1-2H3,(H,22,24)(H,23,25). The first-order valence-corrected chi connectivity index (χ1v) is 8.02. The first kappa shape index (κ1) is 19.6. The van der Waals surface area contributed by atoms with Gasteiger partial charge in [-0.3, -0.25) is 10.1 Å². The summed E-state index contributed by atoms with van der Waals surface area (Å²) < 4.78 is 45.0. The number of aromatic nitrogens is 1. The minimum atomic E-state index is -4.82. The number of pyridine rings is 1. The summed E-state index contributed by atoms with van der Waals surface area (Å²) in [5, 5.41) is 1.91. The summed E-state index contributed by atoms with van der Waals surface area (Å²) in [7, 11) is 0. The van der Waals surface area contributed by atoms with Crippen molar-refractivity contribution in [1.82, 2.24) is 4.98 Å². The second kappa shape index (κ2) is 8.07. The Morgan fingerprint density at radius 2 is 1.88 bits per heavy atom. The van der Waals surface area contributed by atoms with Gasteiger partial charge in [-0.05, 0) is 24.0 Å². The number of rotatable bonds is 5. The van der Waals surface area contributed by atoms with Crippen LogP contribution in [-0.4, -0.2) is 17.7 Å². The van der Waals surface area contributed by atoms with Gasteiger partial charge >= 0.3 is 12.3 Å². The molecule has 0 aliphatic rings. The molecule has 1 aromatic carbocycles. The van der Waals surface area contributed by atoms with Crippen molar-refractivity contribution in [3.63, 3.8) is 0 Å². The van der Waals surface area contributed by atoms with E-state index in [-0.39, 0.29) is 18.2 Å². The molecule has 0 aliphatic carbocycles. The lowest BCUT2D eigenvalue weighted by Crippen LogP contribution is -2.26. The van der Waals surface area contributed by atoms with Crippen molar-refractivity contribution in [2.75, 3.05) is 11.9 Å². The van der Waals surface area contributed by atoms with Gasteiger partial charge in [-0.15, -0.1) is 0 Å². The van der Waals surface area contributed by atoms with Gasteiger partial charge in [-0.1, -0.05) is 44.2 Å². The van der Waals surface area contributed by atoms with Gasteiger partial charge in [-0.2, -0.15) is 13.2 Å². The number of carbonyl (C=O) groups excluding carboxylic acids is 1. The Labute approximate surface area is 148 Å². The van der Waals surface area contributed by atoms with E-state index in [1.165, 1.54) is 0 Å². The highest BCUT2D eigenvalue weighted by molar-refractivity contribution is 5.86. The van der Waals surface area contributed by atoms with Crippen molar-refractivity contribution >= 4 is 11.8 Å². The first-order chi connectivity index (χ1) is 12.2. The van der Waals surface area contributed by atoms with Gasteiger partial charge in [0.1, 0.15) is 5.69 Å². The topological polar surface area (TPSA) is 71.2 Å². The van der Waals surface area contributed by atoms with E-state index in [2.05, 4.69) is 4.98 Å². The van der Waals surface area contributed by atoms with Crippen LogP contribution in [0.15, 0.2) is 41.2 Å². The van der Waals surface area contributed by atoms with Crippen LogP contribution < -0.4 is 10.9 Å².